The molecule has 0 radical (unpaired) electrons. The van der Waals surface area contributed by atoms with Gasteiger partial charge in [-0.25, -0.2) is 28.1 Å². The maximum absolute atomic E-state index is 14.4. The Kier molecular flexibility index (Phi) is 19.3. The van der Waals surface area contributed by atoms with Gasteiger partial charge in [0.15, 0.2) is 18.3 Å². The Morgan fingerprint density at radius 3 is 0.783 bits per heavy atom. The molecule has 60 heavy (non-hydrogen) atoms. The standard InChI is InChI=1S/C39H51O18P3/c1-7-46-58(43,47-8-2)55-34-31(52-37(40)28-22-16-13-17-23-28)32(53-38(41)29-24-18-14-19-25-29)35(56-59(44,48-9-3)49-10-4)36(57-60(45,50-11-5)51-12-6)33(34)54-39(42)30-26-20-15-21-27-30/h13-27,31-36H,7-12H2,1-6H3/t31-,32-,33-,34+,35+,36-/m0/s1. The third-order valence-electron chi connectivity index (χ3n) is 8.18. The van der Waals surface area contributed by atoms with Gasteiger partial charge in [-0.05, 0) is 77.9 Å². The summed E-state index contributed by atoms with van der Waals surface area (Å²) in [6, 6.07) is 22.7. The average Bonchev–Trinajstić information content (AvgIpc) is 3.23. The van der Waals surface area contributed by atoms with E-state index in [0.29, 0.717) is 0 Å². The summed E-state index contributed by atoms with van der Waals surface area (Å²) >= 11 is 0. The Bertz CT molecular complexity index is 1920. The van der Waals surface area contributed by atoms with Crippen molar-refractivity contribution >= 4 is 41.4 Å². The van der Waals surface area contributed by atoms with E-state index >= 15 is 0 Å². The third kappa shape index (κ3) is 13.4. The molecule has 1 fully saturated rings. The minimum Gasteiger partial charge on any atom is -0.453 e. The van der Waals surface area contributed by atoms with Crippen LogP contribution in [0.4, 0.5) is 0 Å². The van der Waals surface area contributed by atoms with E-state index in [1.165, 1.54) is 77.9 Å². The van der Waals surface area contributed by atoms with Crippen molar-refractivity contribution in [3.63, 3.8) is 0 Å². The van der Waals surface area contributed by atoms with Gasteiger partial charge in [0.05, 0.1) is 56.3 Å². The van der Waals surface area contributed by atoms with Gasteiger partial charge < -0.3 is 14.2 Å². The van der Waals surface area contributed by atoms with Crippen molar-refractivity contribution < 1.29 is 83.0 Å². The number of carbonyl (C=O) groups excluding carboxylic acids is 3. The molecule has 6 atom stereocenters. The Labute approximate surface area is 349 Å². The van der Waals surface area contributed by atoms with Gasteiger partial charge in [-0.1, -0.05) is 54.6 Å². The van der Waals surface area contributed by atoms with Crippen LogP contribution in [0.1, 0.15) is 72.6 Å². The lowest BCUT2D eigenvalue weighted by atomic mass is 9.84. The lowest BCUT2D eigenvalue weighted by Crippen LogP contribution is -2.68. The molecule has 0 bridgehead atoms. The first kappa shape index (κ1) is 49.1. The molecule has 0 aromatic heterocycles. The third-order valence-corrected chi connectivity index (χ3v) is 13.1. The number of hydrogen-bond donors (Lipinski definition) is 0. The van der Waals surface area contributed by atoms with Crippen LogP contribution < -0.4 is 0 Å². The van der Waals surface area contributed by atoms with Gasteiger partial charge in [0.1, 0.15) is 18.3 Å². The second kappa shape index (κ2) is 23.6. The maximum atomic E-state index is 14.4. The van der Waals surface area contributed by atoms with Crippen molar-refractivity contribution in [3.8, 4) is 0 Å². The molecular formula is C39H51O18P3. The lowest BCUT2D eigenvalue weighted by Gasteiger charge is -2.48. The summed E-state index contributed by atoms with van der Waals surface area (Å²) in [7, 11) is -14.3. The van der Waals surface area contributed by atoms with Crippen molar-refractivity contribution in [1.82, 2.24) is 0 Å². The van der Waals surface area contributed by atoms with Gasteiger partial charge in [-0.15, -0.1) is 0 Å². The van der Waals surface area contributed by atoms with E-state index in [0.717, 1.165) is 0 Å². The molecular weight excluding hydrogens is 849 g/mol. The van der Waals surface area contributed by atoms with E-state index in [1.807, 2.05) is 0 Å². The second-order valence-electron chi connectivity index (χ2n) is 12.3. The fourth-order valence-electron chi connectivity index (χ4n) is 5.87. The van der Waals surface area contributed by atoms with Crippen LogP contribution in [0.2, 0.25) is 0 Å². The van der Waals surface area contributed by atoms with E-state index in [-0.39, 0.29) is 56.3 Å². The molecule has 3 aromatic rings. The SMILES string of the molecule is CCOP(=O)(OCC)O[C@@H]1[C@@H](OC(=O)c2ccccc2)[C@H](OC(=O)c2ccccc2)[C@@H](OP(=O)(OCC)OCC)[C@@H](OP(=O)(OCC)OCC)[C@H]1OC(=O)c1ccccc1. The average molecular weight is 901 g/mol. The highest BCUT2D eigenvalue weighted by molar-refractivity contribution is 7.49. The number of esters is 3. The summed E-state index contributed by atoms with van der Waals surface area (Å²) in [5, 5.41) is 0. The molecule has 3 aromatic carbocycles. The summed E-state index contributed by atoms with van der Waals surface area (Å²) in [5.74, 6) is -3.15. The first-order valence-corrected chi connectivity index (χ1v) is 23.7. The van der Waals surface area contributed by atoms with Gasteiger partial charge in [0.2, 0.25) is 0 Å². The van der Waals surface area contributed by atoms with Crippen molar-refractivity contribution in [2.24, 2.45) is 0 Å². The zero-order chi connectivity index (χ0) is 43.8. The van der Waals surface area contributed by atoms with Crippen molar-refractivity contribution in [2.75, 3.05) is 39.6 Å². The number of phosphoric ester groups is 3. The molecule has 0 aliphatic heterocycles. The highest BCUT2D eigenvalue weighted by Gasteiger charge is 2.63. The molecule has 1 aliphatic rings. The highest BCUT2D eigenvalue weighted by Crippen LogP contribution is 2.59. The van der Waals surface area contributed by atoms with Crippen LogP contribution in [0.5, 0.6) is 0 Å². The van der Waals surface area contributed by atoms with Crippen LogP contribution in [-0.4, -0.2) is 94.2 Å². The number of ether oxygens (including phenoxy) is 3. The summed E-state index contributed by atoms with van der Waals surface area (Å²) in [6.45, 7) is 7.53. The van der Waals surface area contributed by atoms with Crippen LogP contribution in [0.25, 0.3) is 0 Å². The normalized spacial score (nSPS) is 20.9. The lowest BCUT2D eigenvalue weighted by molar-refractivity contribution is -0.215. The summed E-state index contributed by atoms with van der Waals surface area (Å²) in [6.07, 6.45) is -12.4. The largest absolute Gasteiger partial charge is 0.475 e. The predicted molar refractivity (Wildman–Crippen MR) is 214 cm³/mol. The van der Waals surface area contributed by atoms with E-state index in [1.54, 1.807) is 54.6 Å². The summed E-state index contributed by atoms with van der Waals surface area (Å²) in [5.41, 5.74) is -0.0476. The van der Waals surface area contributed by atoms with Crippen LogP contribution >= 0.6 is 23.5 Å². The molecule has 0 amide bonds. The monoisotopic (exact) mass is 900 g/mol. The van der Waals surface area contributed by atoms with Gasteiger partial charge in [-0.3, -0.25) is 40.7 Å². The second-order valence-corrected chi connectivity index (χ2v) is 17.1. The van der Waals surface area contributed by atoms with Gasteiger partial charge >= 0.3 is 41.4 Å². The molecule has 1 aliphatic carbocycles. The number of rotatable bonds is 24. The fourth-order valence-corrected chi connectivity index (χ4v) is 9.97. The minimum absolute atomic E-state index is 0.0117. The van der Waals surface area contributed by atoms with Crippen molar-refractivity contribution in [1.29, 1.82) is 0 Å². The Morgan fingerprint density at radius 1 is 0.367 bits per heavy atom. The molecule has 1 saturated carbocycles. The maximum Gasteiger partial charge on any atom is 0.475 e. The zero-order valence-corrected chi connectivity index (χ0v) is 36.7. The van der Waals surface area contributed by atoms with Crippen LogP contribution in [0.3, 0.4) is 0 Å². The fraction of sp³-hybridized carbons (Fsp3) is 0.462. The van der Waals surface area contributed by atoms with E-state index < -0.39 is 78.0 Å². The van der Waals surface area contributed by atoms with E-state index in [2.05, 4.69) is 0 Å². The molecule has 0 spiro atoms. The Morgan fingerprint density at radius 2 is 0.567 bits per heavy atom. The van der Waals surface area contributed by atoms with Crippen LogP contribution in [-0.2, 0) is 68.6 Å². The molecule has 21 heteroatoms. The van der Waals surface area contributed by atoms with Gasteiger partial charge in [0, 0.05) is 0 Å². The quantitative estimate of drug-likeness (QED) is 0.0469. The van der Waals surface area contributed by atoms with Gasteiger partial charge in [0.25, 0.3) is 0 Å². The van der Waals surface area contributed by atoms with Crippen molar-refractivity contribution in [3.05, 3.63) is 108 Å². The molecule has 0 heterocycles. The van der Waals surface area contributed by atoms with Gasteiger partial charge in [-0.2, -0.15) is 0 Å². The topological polar surface area (TPSA) is 213 Å². The van der Waals surface area contributed by atoms with Crippen LogP contribution in [0, 0.1) is 0 Å². The predicted octanol–water partition coefficient (Wildman–Crippen LogP) is 8.38. The number of hydrogen-bond acceptors (Lipinski definition) is 18. The number of phosphoric acid groups is 3. The number of benzene rings is 3. The molecule has 330 valence electrons. The van der Waals surface area contributed by atoms with E-state index in [4.69, 9.17) is 54.9 Å². The highest BCUT2D eigenvalue weighted by atomic mass is 31.2. The first-order valence-electron chi connectivity index (χ1n) is 19.3. The molecule has 0 unspecified atom stereocenters. The smallest absolute Gasteiger partial charge is 0.453 e. The minimum atomic E-state index is -4.77. The zero-order valence-electron chi connectivity index (χ0n) is 34.1. The Balaban J connectivity index is 2.11. The molecule has 0 N–H and O–H groups in total. The van der Waals surface area contributed by atoms with E-state index in [9.17, 15) is 28.1 Å². The molecule has 4 rings (SSSR count). The first-order chi connectivity index (χ1) is 28.8. The molecule has 0 saturated heterocycles. The Hall–Kier alpha value is -3.60. The molecule has 18 nitrogen and oxygen atoms in total. The van der Waals surface area contributed by atoms with Crippen LogP contribution in [0.15, 0.2) is 91.0 Å². The summed E-state index contributed by atoms with van der Waals surface area (Å²) in [4.78, 5) is 42.3. The van der Waals surface area contributed by atoms with Crippen molar-refractivity contribution in [2.45, 2.75) is 78.2 Å². The number of carbonyl (C=O) groups is 3. The summed E-state index contributed by atoms with van der Waals surface area (Å²) < 4.78 is 113.